The zero-order chi connectivity index (χ0) is 25.1. The number of ether oxygens (including phenoxy) is 2. The Labute approximate surface area is 207 Å². The van der Waals surface area contributed by atoms with Crippen LogP contribution in [0.3, 0.4) is 0 Å². The van der Waals surface area contributed by atoms with Gasteiger partial charge in [-0.1, -0.05) is 30.7 Å². The van der Waals surface area contributed by atoms with Crippen LogP contribution in [0.5, 0.6) is 17.2 Å². The molecule has 0 radical (unpaired) electrons. The molecule has 1 unspecified atom stereocenters. The first-order valence-electron chi connectivity index (χ1n) is 11.0. The van der Waals surface area contributed by atoms with Gasteiger partial charge < -0.3 is 19.7 Å². The second-order valence-corrected chi connectivity index (χ2v) is 8.36. The Morgan fingerprint density at radius 3 is 2.43 bits per heavy atom. The lowest BCUT2D eigenvalue weighted by Gasteiger charge is -2.26. The molecule has 0 bridgehead atoms. The maximum Gasteiger partial charge on any atom is 0.300 e. The zero-order valence-corrected chi connectivity index (χ0v) is 20.0. The average Bonchev–Trinajstić information content (AvgIpc) is 3.13. The summed E-state index contributed by atoms with van der Waals surface area (Å²) in [6, 6.07) is 16.5. The van der Waals surface area contributed by atoms with Crippen molar-refractivity contribution in [1.82, 2.24) is 0 Å². The third kappa shape index (κ3) is 4.68. The molecule has 1 amide bonds. The number of phenols is 1. The van der Waals surface area contributed by atoms with Crippen LogP contribution in [0.25, 0.3) is 5.76 Å². The molecule has 3 aromatic rings. The molecule has 2 N–H and O–H groups in total. The largest absolute Gasteiger partial charge is 0.508 e. The van der Waals surface area contributed by atoms with E-state index in [0.717, 1.165) is 6.42 Å². The van der Waals surface area contributed by atoms with Crippen LogP contribution in [0.15, 0.2) is 72.3 Å². The maximum atomic E-state index is 13.2. The molecule has 35 heavy (non-hydrogen) atoms. The van der Waals surface area contributed by atoms with Crippen molar-refractivity contribution in [2.24, 2.45) is 0 Å². The number of ketones is 1. The number of aliphatic hydroxyl groups excluding tert-OH is 1. The molecule has 180 valence electrons. The highest BCUT2D eigenvalue weighted by Crippen LogP contribution is 2.44. The molecule has 1 fully saturated rings. The van der Waals surface area contributed by atoms with E-state index >= 15 is 0 Å². The molecule has 1 aliphatic rings. The van der Waals surface area contributed by atoms with Crippen LogP contribution in [-0.4, -0.2) is 35.6 Å². The normalized spacial score (nSPS) is 17.0. The summed E-state index contributed by atoms with van der Waals surface area (Å²) in [5, 5.41) is 21.6. The van der Waals surface area contributed by atoms with Gasteiger partial charge in [-0.2, -0.15) is 0 Å². The third-order valence-corrected chi connectivity index (χ3v) is 5.94. The van der Waals surface area contributed by atoms with E-state index in [1.165, 1.54) is 30.2 Å². The number of benzene rings is 3. The predicted octanol–water partition coefficient (Wildman–Crippen LogP) is 5.47. The van der Waals surface area contributed by atoms with E-state index in [0.29, 0.717) is 34.9 Å². The number of carbonyl (C=O) groups excluding carboxylic acids is 2. The van der Waals surface area contributed by atoms with Crippen molar-refractivity contribution in [3.05, 3.63) is 88.5 Å². The van der Waals surface area contributed by atoms with Gasteiger partial charge >= 0.3 is 0 Å². The standard InChI is InChI=1S/C27H24ClNO6/c1-3-13-35-20-10-7-16(8-11-20)25(31)23-24(17-5-4-6-19(30)14-17)29(27(33)26(23)32)18-9-12-22(34-2)21(28)15-18/h4-12,14-15,24,30-31H,3,13H2,1-2H3/b25-23+. The van der Waals surface area contributed by atoms with Crippen molar-refractivity contribution in [3.63, 3.8) is 0 Å². The number of methoxy groups -OCH3 is 1. The monoisotopic (exact) mass is 493 g/mol. The summed E-state index contributed by atoms with van der Waals surface area (Å²) in [6.07, 6.45) is 0.852. The highest BCUT2D eigenvalue weighted by atomic mass is 35.5. The van der Waals surface area contributed by atoms with Crippen LogP contribution in [0.4, 0.5) is 5.69 Å². The first-order valence-corrected chi connectivity index (χ1v) is 11.4. The third-order valence-electron chi connectivity index (χ3n) is 5.64. The number of carbonyl (C=O) groups is 2. The fourth-order valence-electron chi connectivity index (χ4n) is 4.00. The van der Waals surface area contributed by atoms with Crippen LogP contribution in [-0.2, 0) is 9.59 Å². The van der Waals surface area contributed by atoms with Gasteiger partial charge in [0.25, 0.3) is 11.7 Å². The van der Waals surface area contributed by atoms with Gasteiger partial charge in [0.05, 0.1) is 30.4 Å². The Balaban J connectivity index is 1.86. The number of rotatable bonds is 7. The molecule has 0 spiro atoms. The minimum absolute atomic E-state index is 0.0433. The SMILES string of the molecule is CCCOc1ccc(/C(O)=C2\C(=O)C(=O)N(c3ccc(OC)c(Cl)c3)C2c2cccc(O)c2)cc1. The van der Waals surface area contributed by atoms with Gasteiger partial charge in [0.2, 0.25) is 0 Å². The molecule has 8 heteroatoms. The summed E-state index contributed by atoms with van der Waals surface area (Å²) >= 11 is 6.30. The van der Waals surface area contributed by atoms with Gasteiger partial charge in [-0.05, 0) is 66.6 Å². The number of hydrogen-bond acceptors (Lipinski definition) is 6. The summed E-state index contributed by atoms with van der Waals surface area (Å²) in [5.74, 6) is -1.02. The number of hydrogen-bond donors (Lipinski definition) is 2. The second-order valence-electron chi connectivity index (χ2n) is 7.96. The van der Waals surface area contributed by atoms with E-state index in [1.54, 1.807) is 48.5 Å². The number of aromatic hydroxyl groups is 1. The molecule has 1 saturated heterocycles. The van der Waals surface area contributed by atoms with E-state index in [9.17, 15) is 19.8 Å². The number of Topliss-reactive ketones (excluding diaryl/α,β-unsaturated/α-hetero) is 1. The fraction of sp³-hybridized carbons (Fsp3) is 0.185. The van der Waals surface area contributed by atoms with Crippen LogP contribution in [0, 0.1) is 0 Å². The fourth-order valence-corrected chi connectivity index (χ4v) is 4.25. The van der Waals surface area contributed by atoms with Gasteiger partial charge in [-0.3, -0.25) is 14.5 Å². The van der Waals surface area contributed by atoms with Crippen molar-refractivity contribution in [3.8, 4) is 17.2 Å². The highest BCUT2D eigenvalue weighted by molar-refractivity contribution is 6.51. The van der Waals surface area contributed by atoms with Gasteiger partial charge in [0.15, 0.2) is 0 Å². The molecule has 0 aromatic heterocycles. The Morgan fingerprint density at radius 1 is 1.06 bits per heavy atom. The number of amides is 1. The molecule has 0 saturated carbocycles. The summed E-state index contributed by atoms with van der Waals surface area (Å²) in [4.78, 5) is 27.7. The average molecular weight is 494 g/mol. The number of nitrogens with zero attached hydrogens (tertiary/aromatic N) is 1. The van der Waals surface area contributed by atoms with Gasteiger partial charge in [0.1, 0.15) is 23.0 Å². The quantitative estimate of drug-likeness (QED) is 0.257. The molecule has 1 atom stereocenters. The molecule has 0 aliphatic carbocycles. The smallest absolute Gasteiger partial charge is 0.300 e. The lowest BCUT2D eigenvalue weighted by atomic mass is 9.95. The van der Waals surface area contributed by atoms with Gasteiger partial charge in [-0.25, -0.2) is 0 Å². The second kappa shape index (κ2) is 10.1. The van der Waals surface area contributed by atoms with E-state index in [4.69, 9.17) is 21.1 Å². The molecule has 1 aliphatic heterocycles. The van der Waals surface area contributed by atoms with Crippen molar-refractivity contribution in [2.45, 2.75) is 19.4 Å². The highest BCUT2D eigenvalue weighted by Gasteiger charge is 2.47. The van der Waals surface area contributed by atoms with Gasteiger partial charge in [0, 0.05) is 11.3 Å². The van der Waals surface area contributed by atoms with Crippen LogP contribution in [0.1, 0.15) is 30.5 Å². The predicted molar refractivity (Wildman–Crippen MR) is 133 cm³/mol. The number of aliphatic hydroxyl groups is 1. The zero-order valence-electron chi connectivity index (χ0n) is 19.2. The molecular formula is C27H24ClNO6. The van der Waals surface area contributed by atoms with E-state index in [-0.39, 0.29) is 22.1 Å². The van der Waals surface area contributed by atoms with Crippen molar-refractivity contribution in [2.75, 3.05) is 18.6 Å². The lowest BCUT2D eigenvalue weighted by Crippen LogP contribution is -2.29. The molecule has 3 aromatic carbocycles. The molecule has 1 heterocycles. The summed E-state index contributed by atoms with van der Waals surface area (Å²) < 4.78 is 10.8. The number of halogens is 1. The minimum Gasteiger partial charge on any atom is -0.508 e. The van der Waals surface area contributed by atoms with Crippen molar-refractivity contribution >= 4 is 34.7 Å². The first-order chi connectivity index (χ1) is 16.8. The maximum absolute atomic E-state index is 13.2. The van der Waals surface area contributed by atoms with Gasteiger partial charge in [-0.15, -0.1) is 0 Å². The van der Waals surface area contributed by atoms with Crippen molar-refractivity contribution < 1.29 is 29.3 Å². The summed E-state index contributed by atoms with van der Waals surface area (Å²) in [6.45, 7) is 2.55. The summed E-state index contributed by atoms with van der Waals surface area (Å²) in [5.41, 5.74) is 1.04. The van der Waals surface area contributed by atoms with E-state index in [2.05, 4.69) is 0 Å². The van der Waals surface area contributed by atoms with Crippen LogP contribution < -0.4 is 14.4 Å². The number of phenolic OH excluding ortho intramolecular Hbond substituents is 1. The van der Waals surface area contributed by atoms with E-state index < -0.39 is 17.7 Å². The Kier molecular flexibility index (Phi) is 6.98. The number of anilines is 1. The summed E-state index contributed by atoms with van der Waals surface area (Å²) in [7, 11) is 1.47. The molecule has 4 rings (SSSR count). The lowest BCUT2D eigenvalue weighted by molar-refractivity contribution is -0.132. The molecule has 7 nitrogen and oxygen atoms in total. The Bertz CT molecular complexity index is 1300. The van der Waals surface area contributed by atoms with Crippen LogP contribution in [0.2, 0.25) is 5.02 Å². The van der Waals surface area contributed by atoms with Crippen molar-refractivity contribution in [1.29, 1.82) is 0 Å². The first kappa shape index (κ1) is 24.2. The van der Waals surface area contributed by atoms with E-state index in [1.807, 2.05) is 6.92 Å². The topological polar surface area (TPSA) is 96.3 Å². The minimum atomic E-state index is -0.998. The Hall–Kier alpha value is -3.97. The molecular weight excluding hydrogens is 470 g/mol. The van der Waals surface area contributed by atoms with Crippen LogP contribution >= 0.6 is 11.6 Å². The Morgan fingerprint density at radius 2 is 1.80 bits per heavy atom.